The van der Waals surface area contributed by atoms with Gasteiger partial charge in [0.1, 0.15) is 0 Å². The van der Waals surface area contributed by atoms with Gasteiger partial charge in [-0.25, -0.2) is 0 Å². The van der Waals surface area contributed by atoms with Gasteiger partial charge < -0.3 is 19.8 Å². The molecule has 0 spiro atoms. The Bertz CT molecular complexity index is 706. The van der Waals surface area contributed by atoms with E-state index in [1.807, 2.05) is 67.6 Å². The van der Waals surface area contributed by atoms with E-state index in [2.05, 4.69) is 0 Å². The predicted octanol–water partition coefficient (Wildman–Crippen LogP) is 1.97. The van der Waals surface area contributed by atoms with Crippen molar-refractivity contribution in [1.82, 2.24) is 4.90 Å². The van der Waals surface area contributed by atoms with E-state index in [0.717, 1.165) is 11.1 Å². The summed E-state index contributed by atoms with van der Waals surface area (Å²) in [4.78, 5) is 14.2. The van der Waals surface area contributed by atoms with Crippen LogP contribution in [0.3, 0.4) is 0 Å². The van der Waals surface area contributed by atoms with Crippen molar-refractivity contribution in [2.24, 2.45) is 5.92 Å². The first-order chi connectivity index (χ1) is 12.6. The molecule has 0 saturated carbocycles. The summed E-state index contributed by atoms with van der Waals surface area (Å²) < 4.78 is 5.84. The van der Waals surface area contributed by atoms with Crippen molar-refractivity contribution >= 4 is 5.91 Å². The third kappa shape index (κ3) is 4.12. The first-order valence-corrected chi connectivity index (χ1v) is 8.90. The van der Waals surface area contributed by atoms with Crippen LogP contribution in [0.5, 0.6) is 0 Å². The van der Waals surface area contributed by atoms with Crippen LogP contribution < -0.4 is 0 Å². The summed E-state index contributed by atoms with van der Waals surface area (Å²) in [5, 5.41) is 20.3. The van der Waals surface area contributed by atoms with Gasteiger partial charge in [0.15, 0.2) is 6.10 Å². The molecule has 1 heterocycles. The minimum absolute atomic E-state index is 0.290. The van der Waals surface area contributed by atoms with Crippen LogP contribution in [0.4, 0.5) is 0 Å². The van der Waals surface area contributed by atoms with Crippen LogP contribution in [0.25, 0.3) is 0 Å². The van der Waals surface area contributed by atoms with Crippen molar-refractivity contribution in [2.45, 2.75) is 38.3 Å². The van der Waals surface area contributed by atoms with Gasteiger partial charge in [-0.1, -0.05) is 67.6 Å². The Morgan fingerprint density at radius 2 is 1.54 bits per heavy atom. The molecular formula is C21H25NO4. The van der Waals surface area contributed by atoms with E-state index in [-0.39, 0.29) is 12.0 Å². The van der Waals surface area contributed by atoms with Crippen molar-refractivity contribution < 1.29 is 19.7 Å². The maximum absolute atomic E-state index is 12.6. The third-order valence-electron chi connectivity index (χ3n) is 5.00. The number of carbonyl (C=O) groups excluding carboxylic acids is 1. The molecule has 2 N–H and O–H groups in total. The number of rotatable bonds is 6. The predicted molar refractivity (Wildman–Crippen MR) is 98.1 cm³/mol. The van der Waals surface area contributed by atoms with Crippen molar-refractivity contribution in [3.63, 3.8) is 0 Å². The molecular weight excluding hydrogens is 330 g/mol. The quantitative estimate of drug-likeness (QED) is 0.831. The van der Waals surface area contributed by atoms with Gasteiger partial charge >= 0.3 is 0 Å². The SMILES string of the molecule is CC1C(COCc2ccccc2)N(Cc2ccccc2)C(=O)[C@@H](O)[C@H]1O. The highest BCUT2D eigenvalue weighted by Crippen LogP contribution is 2.27. The molecule has 0 bridgehead atoms. The molecule has 1 fully saturated rings. The largest absolute Gasteiger partial charge is 0.390 e. The molecule has 0 aliphatic carbocycles. The molecule has 0 aromatic heterocycles. The average molecular weight is 355 g/mol. The minimum atomic E-state index is -1.39. The summed E-state index contributed by atoms with van der Waals surface area (Å²) in [6, 6.07) is 19.2. The van der Waals surface area contributed by atoms with Crippen LogP contribution in [0, 0.1) is 5.92 Å². The summed E-state index contributed by atoms with van der Waals surface area (Å²) in [6.07, 6.45) is -2.47. The van der Waals surface area contributed by atoms with Gasteiger partial charge in [0.05, 0.1) is 25.4 Å². The van der Waals surface area contributed by atoms with Gasteiger partial charge in [-0.3, -0.25) is 4.79 Å². The van der Waals surface area contributed by atoms with E-state index in [1.54, 1.807) is 4.90 Å². The zero-order valence-corrected chi connectivity index (χ0v) is 14.9. The maximum atomic E-state index is 12.6. The number of likely N-dealkylation sites (tertiary alicyclic amines) is 1. The molecule has 0 radical (unpaired) electrons. The number of piperidine rings is 1. The van der Waals surface area contributed by atoms with Gasteiger partial charge in [0, 0.05) is 12.5 Å². The maximum Gasteiger partial charge on any atom is 0.254 e. The molecule has 1 saturated heterocycles. The number of ether oxygens (including phenoxy) is 1. The monoisotopic (exact) mass is 355 g/mol. The zero-order valence-electron chi connectivity index (χ0n) is 14.9. The van der Waals surface area contributed by atoms with E-state index >= 15 is 0 Å². The number of carbonyl (C=O) groups is 1. The lowest BCUT2D eigenvalue weighted by Crippen LogP contribution is -2.61. The number of aliphatic hydroxyl groups is 2. The second kappa shape index (κ2) is 8.45. The van der Waals surface area contributed by atoms with Crippen LogP contribution >= 0.6 is 0 Å². The van der Waals surface area contributed by atoms with Crippen molar-refractivity contribution in [3.8, 4) is 0 Å². The highest BCUT2D eigenvalue weighted by molar-refractivity contribution is 5.82. The molecule has 1 amide bonds. The van der Waals surface area contributed by atoms with Crippen LogP contribution in [-0.2, 0) is 22.7 Å². The molecule has 5 nitrogen and oxygen atoms in total. The van der Waals surface area contributed by atoms with E-state index in [1.165, 1.54) is 0 Å². The third-order valence-corrected chi connectivity index (χ3v) is 5.00. The summed E-state index contributed by atoms with van der Waals surface area (Å²) in [5.41, 5.74) is 2.03. The number of aliphatic hydroxyl groups excluding tert-OH is 2. The molecule has 1 aliphatic heterocycles. The molecule has 5 heteroatoms. The number of hydrogen-bond donors (Lipinski definition) is 2. The second-order valence-corrected chi connectivity index (χ2v) is 6.81. The number of nitrogens with zero attached hydrogens (tertiary/aromatic N) is 1. The minimum Gasteiger partial charge on any atom is -0.390 e. The Labute approximate surface area is 153 Å². The van der Waals surface area contributed by atoms with Crippen LogP contribution in [0.1, 0.15) is 18.1 Å². The highest BCUT2D eigenvalue weighted by atomic mass is 16.5. The van der Waals surface area contributed by atoms with Crippen molar-refractivity contribution in [1.29, 1.82) is 0 Å². The lowest BCUT2D eigenvalue weighted by molar-refractivity contribution is -0.169. The molecule has 3 rings (SSSR count). The lowest BCUT2D eigenvalue weighted by atomic mass is 9.86. The van der Waals surface area contributed by atoms with Crippen LogP contribution in [-0.4, -0.2) is 45.9 Å². The highest BCUT2D eigenvalue weighted by Gasteiger charge is 2.45. The topological polar surface area (TPSA) is 70.0 Å². The number of benzene rings is 2. The van der Waals surface area contributed by atoms with E-state index in [9.17, 15) is 15.0 Å². The van der Waals surface area contributed by atoms with Crippen molar-refractivity contribution in [2.75, 3.05) is 6.61 Å². The van der Waals surface area contributed by atoms with Gasteiger partial charge in [-0.15, -0.1) is 0 Å². The van der Waals surface area contributed by atoms with Crippen LogP contribution in [0.2, 0.25) is 0 Å². The molecule has 138 valence electrons. The number of amides is 1. The molecule has 26 heavy (non-hydrogen) atoms. The van der Waals surface area contributed by atoms with Crippen LogP contribution in [0.15, 0.2) is 60.7 Å². The summed E-state index contributed by atoms with van der Waals surface area (Å²) >= 11 is 0. The van der Waals surface area contributed by atoms with E-state index < -0.39 is 18.1 Å². The standard InChI is InChI=1S/C21H25NO4/c1-15-18(14-26-13-17-10-6-3-7-11-17)22(21(25)20(24)19(15)23)12-16-8-4-2-5-9-16/h2-11,15,18-20,23-24H,12-14H2,1H3/t15?,18?,19-,20-/m0/s1. The molecule has 2 aromatic rings. The fraction of sp³-hybridized carbons (Fsp3) is 0.381. The molecule has 2 aromatic carbocycles. The van der Waals surface area contributed by atoms with Crippen molar-refractivity contribution in [3.05, 3.63) is 71.8 Å². The Morgan fingerprint density at radius 1 is 0.962 bits per heavy atom. The molecule has 2 unspecified atom stereocenters. The Morgan fingerprint density at radius 3 is 2.15 bits per heavy atom. The van der Waals surface area contributed by atoms with Gasteiger partial charge in [0.2, 0.25) is 0 Å². The summed E-state index contributed by atoms with van der Waals surface area (Å²) in [7, 11) is 0. The lowest BCUT2D eigenvalue weighted by Gasteiger charge is -2.44. The van der Waals surface area contributed by atoms with Gasteiger partial charge in [-0.2, -0.15) is 0 Å². The first kappa shape index (κ1) is 18.6. The smallest absolute Gasteiger partial charge is 0.254 e. The first-order valence-electron chi connectivity index (χ1n) is 8.90. The molecule has 4 atom stereocenters. The normalized spacial score (nSPS) is 26.1. The average Bonchev–Trinajstić information content (AvgIpc) is 2.68. The Balaban J connectivity index is 1.72. The zero-order chi connectivity index (χ0) is 18.5. The van der Waals surface area contributed by atoms with E-state index in [0.29, 0.717) is 19.8 Å². The second-order valence-electron chi connectivity index (χ2n) is 6.81. The fourth-order valence-corrected chi connectivity index (χ4v) is 3.37. The Hall–Kier alpha value is -2.21. The van der Waals surface area contributed by atoms with Gasteiger partial charge in [0.25, 0.3) is 5.91 Å². The van der Waals surface area contributed by atoms with E-state index in [4.69, 9.17) is 4.74 Å². The fourth-order valence-electron chi connectivity index (χ4n) is 3.37. The summed E-state index contributed by atoms with van der Waals surface area (Å²) in [6.45, 7) is 2.97. The molecule has 1 aliphatic rings. The summed E-state index contributed by atoms with van der Waals surface area (Å²) in [5.74, 6) is -0.741. The number of hydrogen-bond acceptors (Lipinski definition) is 4. The van der Waals surface area contributed by atoms with Gasteiger partial charge in [-0.05, 0) is 11.1 Å². The Kier molecular flexibility index (Phi) is 6.04.